The van der Waals surface area contributed by atoms with Crippen molar-refractivity contribution in [1.29, 1.82) is 0 Å². The molecule has 1 aromatic rings. The van der Waals surface area contributed by atoms with Crippen LogP contribution in [0.25, 0.3) is 0 Å². The van der Waals surface area contributed by atoms with Crippen molar-refractivity contribution in [3.63, 3.8) is 0 Å². The van der Waals surface area contributed by atoms with Crippen molar-refractivity contribution in [3.05, 3.63) is 29.3 Å². The summed E-state index contributed by atoms with van der Waals surface area (Å²) in [7, 11) is 0. The van der Waals surface area contributed by atoms with E-state index in [-0.39, 0.29) is 16.9 Å². The van der Waals surface area contributed by atoms with Crippen molar-refractivity contribution in [2.45, 2.75) is 18.4 Å². The number of carboxylic acids is 2. The van der Waals surface area contributed by atoms with E-state index >= 15 is 0 Å². The lowest BCUT2D eigenvalue weighted by molar-refractivity contribution is -0.169. The van der Waals surface area contributed by atoms with Crippen molar-refractivity contribution >= 4 is 29.8 Å². The number of aliphatic hydroxyl groups is 1. The zero-order chi connectivity index (χ0) is 18.1. The first-order chi connectivity index (χ1) is 11.1. The van der Waals surface area contributed by atoms with Gasteiger partial charge in [0.15, 0.2) is 5.60 Å². The Morgan fingerprint density at radius 1 is 1.04 bits per heavy atom. The van der Waals surface area contributed by atoms with Crippen molar-refractivity contribution in [1.82, 2.24) is 0 Å². The fourth-order valence-electron chi connectivity index (χ4n) is 2.00. The van der Waals surface area contributed by atoms with Gasteiger partial charge in [-0.15, -0.1) is 0 Å². The minimum Gasteiger partial charge on any atom is -0.481 e. The monoisotopic (exact) mass is 338 g/mol. The Labute approximate surface area is 133 Å². The lowest BCUT2D eigenvalue weighted by atomic mass is 9.96. The molecule has 10 heteroatoms. The Hall–Kier alpha value is -3.27. The number of benzene rings is 1. The maximum Gasteiger partial charge on any atom is 0.347 e. The van der Waals surface area contributed by atoms with Crippen LogP contribution in [0.1, 0.15) is 33.6 Å². The number of carbonyl (C=O) groups is 5. The molecule has 0 spiro atoms. The molecule has 1 atom stereocenters. The van der Waals surface area contributed by atoms with Gasteiger partial charge in [-0.2, -0.15) is 0 Å². The van der Waals surface area contributed by atoms with Crippen LogP contribution in [0.15, 0.2) is 18.2 Å². The molecule has 2 rings (SSSR count). The van der Waals surface area contributed by atoms with E-state index in [1.165, 1.54) is 6.07 Å². The van der Waals surface area contributed by atoms with E-state index in [4.69, 9.17) is 14.9 Å². The van der Waals surface area contributed by atoms with E-state index < -0.39 is 48.3 Å². The van der Waals surface area contributed by atoms with E-state index in [9.17, 15) is 29.1 Å². The van der Waals surface area contributed by atoms with Crippen LogP contribution in [-0.4, -0.2) is 50.8 Å². The zero-order valence-corrected chi connectivity index (χ0v) is 11.8. The highest BCUT2D eigenvalue weighted by molar-refractivity contribution is 6.14. The number of cyclic esters (lactones) is 2. The molecule has 1 aromatic carbocycles. The van der Waals surface area contributed by atoms with Crippen molar-refractivity contribution in [2.75, 3.05) is 0 Å². The van der Waals surface area contributed by atoms with E-state index in [1.54, 1.807) is 0 Å². The summed E-state index contributed by atoms with van der Waals surface area (Å²) in [5.41, 5.74) is -2.99. The first-order valence-electron chi connectivity index (χ1n) is 6.41. The highest BCUT2D eigenvalue weighted by Crippen LogP contribution is 2.25. The summed E-state index contributed by atoms with van der Waals surface area (Å²) in [6.45, 7) is 0. The summed E-state index contributed by atoms with van der Waals surface area (Å²) in [5.74, 6) is -6.74. The lowest BCUT2D eigenvalue weighted by Crippen LogP contribution is -2.43. The smallest absolute Gasteiger partial charge is 0.347 e. The second-order valence-corrected chi connectivity index (χ2v) is 4.94. The predicted octanol–water partition coefficient (Wildman–Crippen LogP) is -0.417. The summed E-state index contributed by atoms with van der Waals surface area (Å²) in [5, 5.41) is 27.2. The Bertz CT molecular complexity index is 765. The van der Waals surface area contributed by atoms with Crippen LogP contribution in [0, 0.1) is 0 Å². The second-order valence-electron chi connectivity index (χ2n) is 4.94. The molecule has 126 valence electrons. The van der Waals surface area contributed by atoms with Gasteiger partial charge < -0.3 is 24.8 Å². The molecule has 0 aliphatic carbocycles. The topological polar surface area (TPSA) is 164 Å². The van der Waals surface area contributed by atoms with Gasteiger partial charge in [-0.3, -0.25) is 9.59 Å². The van der Waals surface area contributed by atoms with Gasteiger partial charge in [0.25, 0.3) is 0 Å². The first-order valence-corrected chi connectivity index (χ1v) is 6.41. The highest BCUT2D eigenvalue weighted by Gasteiger charge is 2.41. The molecular formula is C14H10O10. The van der Waals surface area contributed by atoms with Gasteiger partial charge in [0.05, 0.1) is 24.0 Å². The fourth-order valence-corrected chi connectivity index (χ4v) is 2.00. The maximum absolute atomic E-state index is 11.7. The highest BCUT2D eigenvalue weighted by atomic mass is 16.6. The lowest BCUT2D eigenvalue weighted by Gasteiger charge is -2.20. The van der Waals surface area contributed by atoms with E-state index in [0.29, 0.717) is 0 Å². The van der Waals surface area contributed by atoms with E-state index in [0.717, 1.165) is 12.1 Å². The molecule has 3 N–H and O–H groups in total. The molecule has 0 bridgehead atoms. The number of carboxylic acid groups (broad SMARTS) is 2. The Balaban J connectivity index is 2.14. The van der Waals surface area contributed by atoms with Crippen molar-refractivity contribution in [2.24, 2.45) is 0 Å². The molecule has 0 radical (unpaired) electrons. The standard InChI is InChI=1S/C14H10O10/c15-9(16)4-14(22,13(20)21)5-10(17)23-6-1-2-7-8(3-6)12(19)24-11(7)18/h1-3,22H,4-5H2,(H,15,16)(H,20,21). The van der Waals surface area contributed by atoms with Gasteiger partial charge in [-0.05, 0) is 18.2 Å². The fraction of sp³-hybridized carbons (Fsp3) is 0.214. The number of ether oxygens (including phenoxy) is 2. The number of fused-ring (bicyclic) bond motifs is 1. The Morgan fingerprint density at radius 2 is 1.67 bits per heavy atom. The largest absolute Gasteiger partial charge is 0.481 e. The van der Waals surface area contributed by atoms with Crippen LogP contribution in [-0.2, 0) is 19.1 Å². The summed E-state index contributed by atoms with van der Waals surface area (Å²) < 4.78 is 9.12. The number of rotatable bonds is 6. The van der Waals surface area contributed by atoms with Crippen LogP contribution in [0.3, 0.4) is 0 Å². The van der Waals surface area contributed by atoms with Crippen LogP contribution in [0.4, 0.5) is 0 Å². The van der Waals surface area contributed by atoms with Gasteiger partial charge in [-0.25, -0.2) is 14.4 Å². The third kappa shape index (κ3) is 3.38. The van der Waals surface area contributed by atoms with Gasteiger partial charge in [0.1, 0.15) is 5.75 Å². The first kappa shape index (κ1) is 17.1. The molecule has 0 saturated heterocycles. The van der Waals surface area contributed by atoms with Crippen molar-refractivity contribution < 1.29 is 48.8 Å². The van der Waals surface area contributed by atoms with E-state index in [2.05, 4.69) is 4.74 Å². The molecule has 0 saturated carbocycles. The molecule has 0 fully saturated rings. The van der Waals surface area contributed by atoms with Gasteiger partial charge in [-0.1, -0.05) is 0 Å². The quantitative estimate of drug-likeness (QED) is 0.352. The Morgan fingerprint density at radius 3 is 2.25 bits per heavy atom. The van der Waals surface area contributed by atoms with Gasteiger partial charge in [0.2, 0.25) is 0 Å². The second kappa shape index (κ2) is 6.08. The predicted molar refractivity (Wildman–Crippen MR) is 71.3 cm³/mol. The SMILES string of the molecule is O=C(O)CC(O)(CC(=O)Oc1ccc2c(c1)C(=O)OC2=O)C(=O)O. The number of esters is 3. The number of aliphatic carboxylic acids is 2. The van der Waals surface area contributed by atoms with Crippen LogP contribution < -0.4 is 4.74 Å². The molecular weight excluding hydrogens is 328 g/mol. The summed E-state index contributed by atoms with van der Waals surface area (Å²) in [4.78, 5) is 55.9. The van der Waals surface area contributed by atoms with Gasteiger partial charge >= 0.3 is 29.8 Å². The van der Waals surface area contributed by atoms with Crippen LogP contribution in [0.5, 0.6) is 5.75 Å². The summed E-state index contributed by atoms with van der Waals surface area (Å²) in [6, 6.07) is 3.37. The molecule has 1 unspecified atom stereocenters. The summed E-state index contributed by atoms with van der Waals surface area (Å²) in [6.07, 6.45) is -2.34. The molecule has 0 amide bonds. The minimum absolute atomic E-state index is 0.0206. The molecule has 1 aliphatic rings. The number of hydrogen-bond acceptors (Lipinski definition) is 8. The Kier molecular flexibility index (Phi) is 4.33. The minimum atomic E-state index is -2.84. The molecule has 24 heavy (non-hydrogen) atoms. The summed E-state index contributed by atoms with van der Waals surface area (Å²) >= 11 is 0. The molecule has 10 nitrogen and oxygen atoms in total. The third-order valence-electron chi connectivity index (χ3n) is 3.13. The normalized spacial score (nSPS) is 15.2. The zero-order valence-electron chi connectivity index (χ0n) is 11.8. The number of carbonyl (C=O) groups excluding carboxylic acids is 3. The number of hydrogen-bond donors (Lipinski definition) is 3. The molecule has 1 aliphatic heterocycles. The maximum atomic E-state index is 11.7. The van der Waals surface area contributed by atoms with Crippen molar-refractivity contribution in [3.8, 4) is 5.75 Å². The third-order valence-corrected chi connectivity index (χ3v) is 3.13. The molecule has 1 heterocycles. The average Bonchev–Trinajstić information content (AvgIpc) is 2.72. The van der Waals surface area contributed by atoms with Crippen LogP contribution in [0.2, 0.25) is 0 Å². The van der Waals surface area contributed by atoms with Gasteiger partial charge in [0, 0.05) is 0 Å². The van der Waals surface area contributed by atoms with E-state index in [1.807, 2.05) is 0 Å². The average molecular weight is 338 g/mol. The van der Waals surface area contributed by atoms with Crippen LogP contribution >= 0.6 is 0 Å². The molecule has 0 aromatic heterocycles.